The van der Waals surface area contributed by atoms with Crippen LogP contribution in [0.25, 0.3) is 0 Å². The molecule has 0 aliphatic heterocycles. The lowest BCUT2D eigenvalue weighted by Crippen LogP contribution is -2.35. The molecule has 0 unspecified atom stereocenters. The summed E-state index contributed by atoms with van der Waals surface area (Å²) >= 11 is 0. The molecule has 0 aliphatic carbocycles. The Kier molecular flexibility index (Phi) is 5.80. The molecule has 2 N–H and O–H groups in total. The van der Waals surface area contributed by atoms with E-state index in [0.717, 1.165) is 24.5 Å². The minimum Gasteiger partial charge on any atom is -0.481 e. The monoisotopic (exact) mass is 420 g/mol. The number of anilines is 1. The Morgan fingerprint density at radius 3 is 2.44 bits per heavy atom. The fourth-order valence-corrected chi connectivity index (χ4v) is 3.33. The Morgan fingerprint density at radius 2 is 1.81 bits per heavy atom. The fourth-order valence-electron chi connectivity index (χ4n) is 1.77. The third-order valence-electron chi connectivity index (χ3n) is 2.71. The van der Waals surface area contributed by atoms with Crippen LogP contribution >= 0.6 is 0 Å². The van der Waals surface area contributed by atoms with Crippen LogP contribution in [-0.2, 0) is 20.1 Å². The van der Waals surface area contributed by atoms with Gasteiger partial charge in [-0.1, -0.05) is 12.1 Å². The Labute approximate surface area is 153 Å². The van der Waals surface area contributed by atoms with Gasteiger partial charge in [-0.05, 0) is 12.1 Å². The molecule has 0 atom stereocenters. The topological polar surface area (TPSA) is 154 Å². The van der Waals surface area contributed by atoms with Crippen molar-refractivity contribution in [2.24, 2.45) is 0 Å². The van der Waals surface area contributed by atoms with Crippen LogP contribution in [0.1, 0.15) is 0 Å². The summed E-state index contributed by atoms with van der Waals surface area (Å²) in [6, 6.07) is 4.27. The average molecular weight is 420 g/mol. The number of methoxy groups -OCH3 is 1. The number of benzene rings is 1. The number of halogens is 1. The van der Waals surface area contributed by atoms with Crippen molar-refractivity contribution in [1.29, 1.82) is 0 Å². The maximum absolute atomic E-state index is 13.3. The number of hydrogen-bond acceptors (Lipinski definition) is 9. The SMILES string of the molecule is COc1cc(F)nc(NC(=O)NS(=O)(=O)c2ccccc2OS(C)(=O)=O)n1. The average Bonchev–Trinajstić information content (AvgIpc) is 2.52. The van der Waals surface area contributed by atoms with E-state index in [1.54, 1.807) is 4.72 Å². The third kappa shape index (κ3) is 5.75. The molecule has 0 spiro atoms. The Bertz CT molecular complexity index is 1070. The molecule has 2 rings (SSSR count). The Balaban J connectivity index is 2.24. The fraction of sp³-hybridized carbons (Fsp3) is 0.154. The van der Waals surface area contributed by atoms with Gasteiger partial charge in [0.15, 0.2) is 5.75 Å². The summed E-state index contributed by atoms with van der Waals surface area (Å²) in [5, 5.41) is 1.92. The van der Waals surface area contributed by atoms with Gasteiger partial charge in [-0.25, -0.2) is 17.9 Å². The van der Waals surface area contributed by atoms with Crippen molar-refractivity contribution in [3.63, 3.8) is 0 Å². The minimum atomic E-state index is -4.54. The molecule has 0 saturated carbocycles. The first kappa shape index (κ1) is 20.3. The first-order valence-corrected chi connectivity index (χ1v) is 10.2. The molecule has 0 saturated heterocycles. The lowest BCUT2D eigenvalue weighted by Gasteiger charge is -2.11. The first-order chi connectivity index (χ1) is 12.5. The molecular formula is C13H13FN4O7S2. The van der Waals surface area contributed by atoms with Gasteiger partial charge < -0.3 is 8.92 Å². The number of urea groups is 1. The number of amides is 2. The summed E-state index contributed by atoms with van der Waals surface area (Å²) in [5.74, 6) is -2.29. The van der Waals surface area contributed by atoms with Gasteiger partial charge in [0.2, 0.25) is 17.8 Å². The number of para-hydroxylation sites is 1. The van der Waals surface area contributed by atoms with E-state index in [0.29, 0.717) is 0 Å². The van der Waals surface area contributed by atoms with Crippen molar-refractivity contribution >= 4 is 32.1 Å². The van der Waals surface area contributed by atoms with Crippen LogP contribution in [0.15, 0.2) is 35.2 Å². The van der Waals surface area contributed by atoms with Gasteiger partial charge in [0.1, 0.15) is 4.90 Å². The maximum Gasteiger partial charge on any atom is 0.335 e. The number of carbonyl (C=O) groups is 1. The highest BCUT2D eigenvalue weighted by molar-refractivity contribution is 7.90. The predicted octanol–water partition coefficient (Wildman–Crippen LogP) is 0.473. The van der Waals surface area contributed by atoms with Crippen molar-refractivity contribution in [1.82, 2.24) is 14.7 Å². The van der Waals surface area contributed by atoms with Crippen LogP contribution in [0.2, 0.25) is 0 Å². The van der Waals surface area contributed by atoms with Gasteiger partial charge >= 0.3 is 16.1 Å². The summed E-state index contributed by atoms with van der Waals surface area (Å²) in [5.41, 5.74) is 0. The first-order valence-electron chi connectivity index (χ1n) is 6.91. The van der Waals surface area contributed by atoms with Gasteiger partial charge in [0.05, 0.1) is 19.4 Å². The number of hydrogen-bond donors (Lipinski definition) is 2. The number of aromatic nitrogens is 2. The molecule has 0 radical (unpaired) electrons. The quantitative estimate of drug-likeness (QED) is 0.501. The molecule has 1 aromatic carbocycles. The van der Waals surface area contributed by atoms with Crippen LogP contribution in [0.3, 0.4) is 0 Å². The van der Waals surface area contributed by atoms with Crippen LogP contribution in [0.4, 0.5) is 15.1 Å². The molecule has 27 heavy (non-hydrogen) atoms. The molecule has 146 valence electrons. The number of nitrogens with one attached hydrogen (secondary N) is 2. The molecular weight excluding hydrogens is 407 g/mol. The molecule has 0 aliphatic rings. The molecule has 14 heteroatoms. The molecule has 2 aromatic rings. The van der Waals surface area contributed by atoms with Gasteiger partial charge in [0.25, 0.3) is 10.0 Å². The summed E-state index contributed by atoms with van der Waals surface area (Å²) in [7, 11) is -7.36. The van der Waals surface area contributed by atoms with E-state index < -0.39 is 48.7 Å². The second-order valence-corrected chi connectivity index (χ2v) is 8.08. The summed E-state index contributed by atoms with van der Waals surface area (Å²) in [6.45, 7) is 0. The molecule has 0 fully saturated rings. The van der Waals surface area contributed by atoms with Crippen LogP contribution in [0, 0.1) is 5.95 Å². The van der Waals surface area contributed by atoms with Crippen molar-refractivity contribution in [2.45, 2.75) is 4.90 Å². The van der Waals surface area contributed by atoms with E-state index in [4.69, 9.17) is 4.74 Å². The highest BCUT2D eigenvalue weighted by Gasteiger charge is 2.24. The maximum atomic E-state index is 13.3. The predicted molar refractivity (Wildman–Crippen MR) is 89.8 cm³/mol. The van der Waals surface area contributed by atoms with Gasteiger partial charge in [-0.2, -0.15) is 22.8 Å². The smallest absolute Gasteiger partial charge is 0.335 e. The van der Waals surface area contributed by atoms with Crippen molar-refractivity contribution in [3.8, 4) is 11.6 Å². The highest BCUT2D eigenvalue weighted by Crippen LogP contribution is 2.24. The highest BCUT2D eigenvalue weighted by atomic mass is 32.2. The summed E-state index contributed by atoms with van der Waals surface area (Å²) in [4.78, 5) is 18.2. The van der Waals surface area contributed by atoms with E-state index >= 15 is 0 Å². The number of nitrogens with zero attached hydrogens (tertiary/aromatic N) is 2. The minimum absolute atomic E-state index is 0.201. The van der Waals surface area contributed by atoms with Crippen molar-refractivity contribution in [2.75, 3.05) is 18.7 Å². The van der Waals surface area contributed by atoms with E-state index in [-0.39, 0.29) is 5.88 Å². The molecule has 1 aromatic heterocycles. The van der Waals surface area contributed by atoms with Crippen molar-refractivity contribution < 1.29 is 34.9 Å². The number of ether oxygens (including phenoxy) is 1. The Hall–Kier alpha value is -3.00. The second-order valence-electron chi connectivity index (χ2n) is 4.85. The summed E-state index contributed by atoms with van der Waals surface area (Å²) in [6.07, 6.45) is 0.727. The van der Waals surface area contributed by atoms with E-state index in [1.165, 1.54) is 19.2 Å². The lowest BCUT2D eigenvalue weighted by atomic mass is 10.3. The van der Waals surface area contributed by atoms with Crippen LogP contribution < -0.4 is 19.0 Å². The standard InChI is InChI=1S/C13H13FN4O7S2/c1-24-11-7-10(14)15-12(16-11)17-13(19)18-27(22,23)9-6-4-3-5-8(9)25-26(2,20)21/h3-7H,1-2H3,(H2,15,16,17,18,19). The third-order valence-corrected chi connectivity index (χ3v) is 4.57. The van der Waals surface area contributed by atoms with Crippen molar-refractivity contribution in [3.05, 3.63) is 36.3 Å². The zero-order valence-electron chi connectivity index (χ0n) is 13.8. The van der Waals surface area contributed by atoms with Gasteiger partial charge in [-0.15, -0.1) is 0 Å². The molecule has 1 heterocycles. The largest absolute Gasteiger partial charge is 0.481 e. The number of carbonyl (C=O) groups excluding carboxylic acids is 1. The van der Waals surface area contributed by atoms with Gasteiger partial charge in [0, 0.05) is 0 Å². The zero-order chi connectivity index (χ0) is 20.2. The van der Waals surface area contributed by atoms with E-state index in [1.807, 2.05) is 5.32 Å². The van der Waals surface area contributed by atoms with Crippen LogP contribution in [-0.4, -0.2) is 46.2 Å². The molecule has 0 bridgehead atoms. The number of rotatable bonds is 6. The zero-order valence-corrected chi connectivity index (χ0v) is 15.5. The normalized spacial score (nSPS) is 11.5. The summed E-state index contributed by atoms with van der Waals surface area (Å²) < 4.78 is 71.4. The number of sulfonamides is 1. The Morgan fingerprint density at radius 1 is 1.15 bits per heavy atom. The lowest BCUT2D eigenvalue weighted by molar-refractivity contribution is 0.256. The molecule has 11 nitrogen and oxygen atoms in total. The van der Waals surface area contributed by atoms with E-state index in [9.17, 15) is 26.0 Å². The van der Waals surface area contributed by atoms with Gasteiger partial charge in [-0.3, -0.25) is 5.32 Å². The second kappa shape index (κ2) is 7.71. The molecule has 2 amide bonds. The van der Waals surface area contributed by atoms with Crippen LogP contribution in [0.5, 0.6) is 11.6 Å². The van der Waals surface area contributed by atoms with E-state index in [2.05, 4.69) is 14.2 Å².